The molecule has 4 saturated carbocycles. The average molecular weight is 551 g/mol. The Morgan fingerprint density at radius 2 is 1.82 bits per heavy atom. The molecule has 4 aliphatic carbocycles. The number of rotatable bonds is 4. The van der Waals surface area contributed by atoms with Crippen LogP contribution < -0.4 is 0 Å². The molecule has 0 amide bonds. The number of hydrogen-bond donors (Lipinski definition) is 5. The standard InChI is InChI=1S/C29H42O10/c1-14-23(33)24(34)25(35)26(38-14)39-17-5-7-28(13-30)16(10-17)3-4-19-22(28)20(31)11-27(2)18(6-8-29(19,27)36)15-9-21(32)37-12-15/h9,13-14,16-20,22-26,31,33-36H,3-8,10-12H2,1-2H3/t14-,16-,17+,18-,19-,20-,22-,23-,24-,25-,26+,27-,28-,29+/m1/s1. The van der Waals surface area contributed by atoms with Crippen LogP contribution in [0.25, 0.3) is 0 Å². The molecule has 0 aromatic heterocycles. The van der Waals surface area contributed by atoms with E-state index in [2.05, 4.69) is 0 Å². The van der Waals surface area contributed by atoms with E-state index in [4.69, 9.17) is 14.2 Å². The third-order valence-electron chi connectivity index (χ3n) is 11.8. The molecule has 0 aromatic carbocycles. The van der Waals surface area contributed by atoms with Crippen LogP contribution in [0.4, 0.5) is 0 Å². The lowest BCUT2D eigenvalue weighted by atomic mass is 9.42. The summed E-state index contributed by atoms with van der Waals surface area (Å²) < 4.78 is 16.9. The van der Waals surface area contributed by atoms with Gasteiger partial charge in [0.2, 0.25) is 0 Å². The predicted molar refractivity (Wildman–Crippen MR) is 135 cm³/mol. The van der Waals surface area contributed by atoms with Gasteiger partial charge in [-0.1, -0.05) is 6.92 Å². The van der Waals surface area contributed by atoms with Crippen molar-refractivity contribution in [3.8, 4) is 0 Å². The number of aliphatic hydroxyl groups excluding tert-OH is 4. The largest absolute Gasteiger partial charge is 0.458 e. The van der Waals surface area contributed by atoms with Gasteiger partial charge in [0.05, 0.1) is 23.9 Å². The van der Waals surface area contributed by atoms with Crippen molar-refractivity contribution in [1.29, 1.82) is 0 Å². The minimum Gasteiger partial charge on any atom is -0.458 e. The van der Waals surface area contributed by atoms with Gasteiger partial charge < -0.3 is 44.5 Å². The molecule has 2 heterocycles. The smallest absolute Gasteiger partial charge is 0.331 e. The van der Waals surface area contributed by atoms with Crippen LogP contribution in [-0.4, -0.2) is 92.9 Å². The Labute approximate surface area is 228 Å². The normalized spacial score (nSPS) is 55.2. The van der Waals surface area contributed by atoms with Crippen LogP contribution in [0.15, 0.2) is 11.6 Å². The molecule has 5 fully saturated rings. The van der Waals surface area contributed by atoms with E-state index < -0.39 is 53.2 Å². The summed E-state index contributed by atoms with van der Waals surface area (Å²) in [7, 11) is 0. The third kappa shape index (κ3) is 3.93. The van der Waals surface area contributed by atoms with Crippen LogP contribution in [0.1, 0.15) is 65.2 Å². The summed E-state index contributed by atoms with van der Waals surface area (Å²) in [6.07, 6.45) is 0.248. The van der Waals surface area contributed by atoms with Crippen LogP contribution in [0.5, 0.6) is 0 Å². The molecule has 1 saturated heterocycles. The van der Waals surface area contributed by atoms with E-state index in [-0.39, 0.29) is 42.4 Å². The molecule has 0 unspecified atom stereocenters. The van der Waals surface area contributed by atoms with Gasteiger partial charge in [-0.25, -0.2) is 4.79 Å². The Hall–Kier alpha value is -1.40. The Morgan fingerprint density at radius 3 is 2.51 bits per heavy atom. The Kier molecular flexibility index (Phi) is 6.81. The summed E-state index contributed by atoms with van der Waals surface area (Å²) in [5.41, 5.74) is -1.59. The number of carbonyl (C=O) groups excluding carboxylic acids is 2. The summed E-state index contributed by atoms with van der Waals surface area (Å²) in [5.74, 6) is -1.10. The zero-order valence-electron chi connectivity index (χ0n) is 22.6. The van der Waals surface area contributed by atoms with Crippen LogP contribution >= 0.6 is 0 Å². The molecule has 6 rings (SSSR count). The highest BCUT2D eigenvalue weighted by Crippen LogP contribution is 2.69. The van der Waals surface area contributed by atoms with Crippen molar-refractivity contribution >= 4 is 12.3 Å². The third-order valence-corrected chi connectivity index (χ3v) is 11.8. The van der Waals surface area contributed by atoms with Gasteiger partial charge in [-0.15, -0.1) is 0 Å². The second kappa shape index (κ2) is 9.58. The van der Waals surface area contributed by atoms with Crippen LogP contribution in [0.2, 0.25) is 0 Å². The van der Waals surface area contributed by atoms with E-state index in [0.717, 1.165) is 11.9 Å². The lowest BCUT2D eigenvalue weighted by Gasteiger charge is -2.64. The minimum atomic E-state index is -1.39. The quantitative estimate of drug-likeness (QED) is 0.190. The molecule has 6 aliphatic rings. The monoisotopic (exact) mass is 550 g/mol. The maximum atomic E-state index is 13.0. The Morgan fingerprint density at radius 1 is 1.05 bits per heavy atom. The van der Waals surface area contributed by atoms with Crippen molar-refractivity contribution in [2.24, 2.45) is 34.5 Å². The zero-order valence-corrected chi connectivity index (χ0v) is 22.6. The first kappa shape index (κ1) is 27.8. The highest BCUT2D eigenvalue weighted by molar-refractivity contribution is 5.85. The Balaban J connectivity index is 1.22. The van der Waals surface area contributed by atoms with Gasteiger partial charge in [0.25, 0.3) is 0 Å². The van der Waals surface area contributed by atoms with Crippen molar-refractivity contribution in [3.05, 3.63) is 11.6 Å². The molecule has 10 heteroatoms. The van der Waals surface area contributed by atoms with Gasteiger partial charge in [-0.3, -0.25) is 0 Å². The first-order valence-electron chi connectivity index (χ1n) is 14.5. The molecule has 0 bridgehead atoms. The summed E-state index contributed by atoms with van der Waals surface area (Å²) in [5, 5.41) is 54.6. The van der Waals surface area contributed by atoms with Crippen molar-refractivity contribution in [1.82, 2.24) is 0 Å². The van der Waals surface area contributed by atoms with Gasteiger partial charge >= 0.3 is 5.97 Å². The topological polar surface area (TPSA) is 163 Å². The zero-order chi connectivity index (χ0) is 27.9. The van der Waals surface area contributed by atoms with E-state index in [1.54, 1.807) is 13.0 Å². The van der Waals surface area contributed by atoms with Gasteiger partial charge in [0.1, 0.15) is 31.2 Å². The van der Waals surface area contributed by atoms with Gasteiger partial charge in [-0.05, 0) is 81.6 Å². The van der Waals surface area contributed by atoms with E-state index in [0.29, 0.717) is 51.4 Å². The van der Waals surface area contributed by atoms with E-state index in [9.17, 15) is 35.1 Å². The summed E-state index contributed by atoms with van der Waals surface area (Å²) in [4.78, 5) is 24.7. The summed E-state index contributed by atoms with van der Waals surface area (Å²) in [6.45, 7) is 3.87. The minimum absolute atomic E-state index is 0.0585. The summed E-state index contributed by atoms with van der Waals surface area (Å²) >= 11 is 0. The molecule has 0 aromatic rings. The molecule has 14 atom stereocenters. The lowest BCUT2D eigenvalue weighted by molar-refractivity contribution is -0.310. The number of aldehydes is 1. The fourth-order valence-corrected chi connectivity index (χ4v) is 9.81. The molecular weight excluding hydrogens is 508 g/mol. The summed E-state index contributed by atoms with van der Waals surface area (Å²) in [6, 6.07) is 0. The van der Waals surface area contributed by atoms with Crippen LogP contribution in [-0.2, 0) is 23.8 Å². The Bertz CT molecular complexity index is 1030. The number of fused-ring (bicyclic) bond motifs is 5. The van der Waals surface area contributed by atoms with Crippen LogP contribution in [0, 0.1) is 34.5 Å². The first-order chi connectivity index (χ1) is 18.4. The van der Waals surface area contributed by atoms with Crippen molar-refractivity contribution < 1.29 is 49.3 Å². The second-order valence-corrected chi connectivity index (χ2v) is 13.4. The van der Waals surface area contributed by atoms with Crippen molar-refractivity contribution in [2.45, 2.75) is 114 Å². The van der Waals surface area contributed by atoms with Gasteiger partial charge in [0.15, 0.2) is 6.29 Å². The second-order valence-electron chi connectivity index (χ2n) is 13.4. The number of cyclic esters (lactones) is 1. The molecule has 0 spiro atoms. The average Bonchev–Trinajstić information content (AvgIpc) is 3.45. The van der Waals surface area contributed by atoms with Gasteiger partial charge in [-0.2, -0.15) is 0 Å². The number of hydrogen-bond acceptors (Lipinski definition) is 10. The number of carbonyl (C=O) groups is 2. The highest BCUT2D eigenvalue weighted by Gasteiger charge is 2.71. The van der Waals surface area contributed by atoms with E-state index >= 15 is 0 Å². The van der Waals surface area contributed by atoms with E-state index in [1.807, 2.05) is 6.92 Å². The van der Waals surface area contributed by atoms with Crippen molar-refractivity contribution in [3.63, 3.8) is 0 Å². The highest BCUT2D eigenvalue weighted by atomic mass is 16.7. The van der Waals surface area contributed by atoms with Crippen LogP contribution in [0.3, 0.4) is 0 Å². The lowest BCUT2D eigenvalue weighted by Crippen LogP contribution is -2.67. The van der Waals surface area contributed by atoms with E-state index in [1.165, 1.54) is 0 Å². The molecule has 10 nitrogen and oxygen atoms in total. The number of ether oxygens (including phenoxy) is 3. The molecule has 218 valence electrons. The van der Waals surface area contributed by atoms with Gasteiger partial charge in [0, 0.05) is 22.8 Å². The SMILES string of the molecule is C[C@H]1O[C@@H](O[C@H]2CC[C@@]3(C=O)[C@H](CC[C@@H]4[C@@H]3[C@H](O)C[C@]3(C)[C@@H](C5=CC(=O)OC5)CC[C@]43O)C2)[C@H](O)[C@H](O)[C@@H]1O. The maximum absolute atomic E-state index is 13.0. The van der Waals surface area contributed by atoms with Crippen molar-refractivity contribution in [2.75, 3.05) is 6.61 Å². The molecule has 0 radical (unpaired) electrons. The number of aliphatic hydroxyl groups is 5. The fraction of sp³-hybridized carbons (Fsp3) is 0.862. The first-order valence-corrected chi connectivity index (χ1v) is 14.5. The molecular formula is C29H42O10. The predicted octanol–water partition coefficient (Wildman–Crippen LogP) is 0.606. The maximum Gasteiger partial charge on any atom is 0.331 e. The molecule has 39 heavy (non-hydrogen) atoms. The fourth-order valence-electron chi connectivity index (χ4n) is 9.81. The molecule has 5 N–H and O–H groups in total. The molecule has 2 aliphatic heterocycles. The number of esters is 1.